The Morgan fingerprint density at radius 3 is 2.83 bits per heavy atom. The van der Waals surface area contributed by atoms with Gasteiger partial charge in [-0.1, -0.05) is 12.1 Å². The Hall–Kier alpha value is -3.15. The number of hydrogen-bond donors (Lipinski definition) is 1. The third-order valence-corrected chi connectivity index (χ3v) is 3.15. The zero-order chi connectivity index (χ0) is 16.4. The third kappa shape index (κ3) is 3.21. The number of ether oxygens (including phenoxy) is 2. The first-order valence-electron chi connectivity index (χ1n) is 6.71. The molecule has 0 aliphatic carbocycles. The van der Waals surface area contributed by atoms with Crippen LogP contribution in [-0.2, 0) is 4.79 Å². The van der Waals surface area contributed by atoms with Gasteiger partial charge in [-0.15, -0.1) is 0 Å². The Morgan fingerprint density at radius 2 is 2.09 bits per heavy atom. The minimum absolute atomic E-state index is 0.0704. The van der Waals surface area contributed by atoms with E-state index in [-0.39, 0.29) is 23.0 Å². The molecular formula is C17H11FO5. The zero-order valence-electron chi connectivity index (χ0n) is 11.8. The van der Waals surface area contributed by atoms with Crippen LogP contribution in [0.5, 0.6) is 11.5 Å². The highest BCUT2D eigenvalue weighted by Gasteiger charge is 2.27. The number of halogens is 1. The fourth-order valence-corrected chi connectivity index (χ4v) is 2.15. The number of aliphatic carboxylic acids is 1. The summed E-state index contributed by atoms with van der Waals surface area (Å²) in [5.74, 6) is -1.21. The maximum Gasteiger partial charge on any atom is 0.341 e. The summed E-state index contributed by atoms with van der Waals surface area (Å²) in [5, 5.41) is 8.59. The van der Waals surface area contributed by atoms with Crippen LogP contribution in [0.4, 0.5) is 4.39 Å². The summed E-state index contributed by atoms with van der Waals surface area (Å²) >= 11 is 0. The average molecular weight is 314 g/mol. The van der Waals surface area contributed by atoms with Gasteiger partial charge in [0, 0.05) is 6.07 Å². The van der Waals surface area contributed by atoms with Crippen molar-refractivity contribution in [2.45, 2.75) is 0 Å². The fourth-order valence-electron chi connectivity index (χ4n) is 2.15. The summed E-state index contributed by atoms with van der Waals surface area (Å²) in [7, 11) is 0. The van der Waals surface area contributed by atoms with Crippen molar-refractivity contribution in [1.29, 1.82) is 0 Å². The van der Waals surface area contributed by atoms with Gasteiger partial charge in [0.05, 0.1) is 5.56 Å². The number of carboxylic acid groups (broad SMARTS) is 1. The number of benzene rings is 2. The lowest BCUT2D eigenvalue weighted by atomic mass is 10.1. The predicted octanol–water partition coefficient (Wildman–Crippen LogP) is 2.91. The summed E-state index contributed by atoms with van der Waals surface area (Å²) in [6, 6.07) is 10.2. The Labute approximate surface area is 130 Å². The molecule has 3 rings (SSSR count). The molecule has 6 heteroatoms. The topological polar surface area (TPSA) is 72.8 Å². The van der Waals surface area contributed by atoms with Crippen LogP contribution in [0.25, 0.3) is 6.08 Å². The zero-order valence-corrected chi connectivity index (χ0v) is 11.8. The van der Waals surface area contributed by atoms with Crippen molar-refractivity contribution < 1.29 is 28.6 Å². The Kier molecular flexibility index (Phi) is 3.80. The Balaban J connectivity index is 1.85. The van der Waals surface area contributed by atoms with Crippen LogP contribution < -0.4 is 9.47 Å². The maximum atomic E-state index is 13.2. The molecule has 0 saturated heterocycles. The molecule has 0 spiro atoms. The summed E-state index contributed by atoms with van der Waals surface area (Å²) < 4.78 is 23.7. The average Bonchev–Trinajstić information content (AvgIpc) is 2.81. The van der Waals surface area contributed by atoms with E-state index in [1.54, 1.807) is 6.07 Å². The molecule has 116 valence electrons. The molecule has 2 aromatic rings. The number of rotatable bonds is 4. The molecule has 1 heterocycles. The van der Waals surface area contributed by atoms with Crippen LogP contribution in [0.3, 0.4) is 0 Å². The number of ketones is 1. The first kappa shape index (κ1) is 14.8. The van der Waals surface area contributed by atoms with Crippen molar-refractivity contribution in [3.63, 3.8) is 0 Å². The van der Waals surface area contributed by atoms with E-state index in [1.165, 1.54) is 42.5 Å². The first-order chi connectivity index (χ1) is 11.0. The largest absolute Gasteiger partial charge is 0.482 e. The SMILES string of the molecule is O=C(O)COc1ccc2c(c1)OC(=Cc1cccc(F)c1)C2=O. The van der Waals surface area contributed by atoms with Gasteiger partial charge in [0.15, 0.2) is 12.4 Å². The second-order valence-corrected chi connectivity index (χ2v) is 4.84. The minimum Gasteiger partial charge on any atom is -0.482 e. The van der Waals surface area contributed by atoms with E-state index >= 15 is 0 Å². The normalized spacial score (nSPS) is 14.5. The third-order valence-electron chi connectivity index (χ3n) is 3.15. The summed E-state index contributed by atoms with van der Waals surface area (Å²) in [5.41, 5.74) is 0.846. The number of Topliss-reactive ketones (excluding diaryl/α,β-unsaturated/α-hetero) is 1. The molecule has 0 radical (unpaired) electrons. The fraction of sp³-hybridized carbons (Fsp3) is 0.0588. The second-order valence-electron chi connectivity index (χ2n) is 4.84. The molecule has 0 aromatic heterocycles. The molecule has 1 N–H and O–H groups in total. The van der Waals surface area contributed by atoms with Crippen LogP contribution in [0.1, 0.15) is 15.9 Å². The molecule has 0 saturated carbocycles. The molecule has 1 aliphatic rings. The quantitative estimate of drug-likeness (QED) is 0.879. The number of carbonyl (C=O) groups is 2. The highest BCUT2D eigenvalue weighted by Crippen LogP contribution is 2.34. The molecule has 0 bridgehead atoms. The van der Waals surface area contributed by atoms with Crippen molar-refractivity contribution in [2.75, 3.05) is 6.61 Å². The van der Waals surface area contributed by atoms with Gasteiger partial charge in [0.25, 0.3) is 0 Å². The van der Waals surface area contributed by atoms with Gasteiger partial charge < -0.3 is 14.6 Å². The number of hydrogen-bond acceptors (Lipinski definition) is 4. The van der Waals surface area contributed by atoms with Crippen molar-refractivity contribution in [3.8, 4) is 11.5 Å². The molecule has 23 heavy (non-hydrogen) atoms. The van der Waals surface area contributed by atoms with Gasteiger partial charge in [0.1, 0.15) is 17.3 Å². The Morgan fingerprint density at radius 1 is 1.26 bits per heavy atom. The maximum absolute atomic E-state index is 13.2. The van der Waals surface area contributed by atoms with Gasteiger partial charge in [-0.05, 0) is 35.9 Å². The van der Waals surface area contributed by atoms with Crippen LogP contribution in [0.15, 0.2) is 48.2 Å². The lowest BCUT2D eigenvalue weighted by molar-refractivity contribution is -0.139. The monoisotopic (exact) mass is 314 g/mol. The smallest absolute Gasteiger partial charge is 0.341 e. The van der Waals surface area contributed by atoms with E-state index in [1.807, 2.05) is 0 Å². The second kappa shape index (κ2) is 5.92. The van der Waals surface area contributed by atoms with Crippen molar-refractivity contribution in [2.24, 2.45) is 0 Å². The number of fused-ring (bicyclic) bond motifs is 1. The van der Waals surface area contributed by atoms with E-state index in [0.29, 0.717) is 11.1 Å². The van der Waals surface area contributed by atoms with Crippen LogP contribution in [-0.4, -0.2) is 23.5 Å². The van der Waals surface area contributed by atoms with E-state index in [9.17, 15) is 14.0 Å². The molecule has 0 unspecified atom stereocenters. The van der Waals surface area contributed by atoms with E-state index in [2.05, 4.69) is 0 Å². The Bertz CT molecular complexity index is 825. The predicted molar refractivity (Wildman–Crippen MR) is 78.9 cm³/mol. The number of allylic oxidation sites excluding steroid dienone is 1. The lowest BCUT2D eigenvalue weighted by Crippen LogP contribution is -2.09. The number of carboxylic acids is 1. The standard InChI is InChI=1S/C17H11FO5/c18-11-3-1-2-10(6-11)7-15-17(21)13-5-4-12(8-14(13)23-15)22-9-16(19)20/h1-8H,9H2,(H,19,20). The van der Waals surface area contributed by atoms with Crippen LogP contribution >= 0.6 is 0 Å². The molecule has 0 atom stereocenters. The van der Waals surface area contributed by atoms with Crippen LogP contribution in [0.2, 0.25) is 0 Å². The first-order valence-corrected chi connectivity index (χ1v) is 6.71. The highest BCUT2D eigenvalue weighted by molar-refractivity contribution is 6.14. The van der Waals surface area contributed by atoms with Gasteiger partial charge in [0.2, 0.25) is 5.78 Å². The van der Waals surface area contributed by atoms with E-state index < -0.39 is 18.4 Å². The number of carbonyl (C=O) groups excluding carboxylic acids is 1. The van der Waals surface area contributed by atoms with Gasteiger partial charge >= 0.3 is 5.97 Å². The molecule has 2 aromatic carbocycles. The van der Waals surface area contributed by atoms with Crippen molar-refractivity contribution >= 4 is 17.8 Å². The molecule has 1 aliphatic heterocycles. The van der Waals surface area contributed by atoms with E-state index in [4.69, 9.17) is 14.6 Å². The summed E-state index contributed by atoms with van der Waals surface area (Å²) in [6.07, 6.45) is 1.45. The van der Waals surface area contributed by atoms with Gasteiger partial charge in [-0.25, -0.2) is 9.18 Å². The van der Waals surface area contributed by atoms with Gasteiger partial charge in [-0.2, -0.15) is 0 Å². The highest BCUT2D eigenvalue weighted by atomic mass is 19.1. The van der Waals surface area contributed by atoms with Crippen LogP contribution in [0, 0.1) is 5.82 Å². The lowest BCUT2D eigenvalue weighted by Gasteiger charge is -2.04. The van der Waals surface area contributed by atoms with Crippen molar-refractivity contribution in [1.82, 2.24) is 0 Å². The molecule has 0 amide bonds. The summed E-state index contributed by atoms with van der Waals surface area (Å²) in [4.78, 5) is 22.7. The van der Waals surface area contributed by atoms with Crippen molar-refractivity contribution in [3.05, 3.63) is 65.2 Å². The molecule has 5 nitrogen and oxygen atoms in total. The molecule has 0 fully saturated rings. The van der Waals surface area contributed by atoms with Gasteiger partial charge in [-0.3, -0.25) is 4.79 Å². The summed E-state index contributed by atoms with van der Waals surface area (Å²) in [6.45, 7) is -0.487. The van der Waals surface area contributed by atoms with E-state index in [0.717, 1.165) is 0 Å². The minimum atomic E-state index is -1.10. The molecular weight excluding hydrogens is 303 g/mol.